The molecule has 0 atom stereocenters. The molecule has 6 nitrogen and oxygen atoms in total. The monoisotopic (exact) mass is 1080 g/mol. The number of methoxy groups -OCH3 is 2. The molecule has 0 heterocycles. The summed E-state index contributed by atoms with van der Waals surface area (Å²) >= 11 is 0. The molecular formula is C77H60N2O4. The molecule has 0 N–H and O–H groups in total. The van der Waals surface area contributed by atoms with Crippen molar-refractivity contribution in [3.63, 3.8) is 0 Å². The number of hydrogen-bond donors (Lipinski definition) is 0. The van der Waals surface area contributed by atoms with Crippen LogP contribution in [0.5, 0.6) is 11.5 Å². The Morgan fingerprint density at radius 2 is 0.518 bits per heavy atom. The standard InChI is InChI=1S/C77H60N2O4/c1-80-53-82-71-45-37-63(38-46-71)77(64-39-47-72(48-40-64)83-54-81-2)75-51-61(59-27-23-55(24-28-59)57-31-41-69(42-32-57)78(65-15-7-3-8-16-65)66-17-9-4-10-18-66)35-49-73(75)74-50-36-62(52-76(74)77)60-29-25-56(26-30-60)58-33-43-70(44-34-58)79(67-19-11-5-12-20-67)68-21-13-6-14-22-68/h3-52H,53-54H2,1-2H3. The van der Waals surface area contributed by atoms with Crippen molar-refractivity contribution in [1.29, 1.82) is 0 Å². The Labute approximate surface area is 486 Å². The van der Waals surface area contributed by atoms with Gasteiger partial charge < -0.3 is 28.7 Å². The van der Waals surface area contributed by atoms with Crippen LogP contribution in [0.4, 0.5) is 34.1 Å². The molecule has 1 aliphatic rings. The van der Waals surface area contributed by atoms with Crippen molar-refractivity contribution in [2.45, 2.75) is 5.41 Å². The first-order valence-electron chi connectivity index (χ1n) is 28.0. The van der Waals surface area contributed by atoms with Crippen LogP contribution in [-0.2, 0) is 14.9 Å². The van der Waals surface area contributed by atoms with E-state index in [0.29, 0.717) is 0 Å². The van der Waals surface area contributed by atoms with E-state index in [9.17, 15) is 0 Å². The molecule has 0 amide bonds. The SMILES string of the molecule is COCOc1ccc(C2(c3ccc(OCOC)cc3)c3cc(-c4ccc(-c5ccc(N(c6ccccc6)c6ccccc6)cc5)cc4)ccc3-c3ccc(-c4ccc(-c5ccc(N(c6ccccc6)c6ccccc6)cc5)cc4)cc32)cc1. The zero-order valence-electron chi connectivity index (χ0n) is 46.3. The smallest absolute Gasteiger partial charge is 0.188 e. The number of hydrogen-bond acceptors (Lipinski definition) is 6. The van der Waals surface area contributed by atoms with Crippen molar-refractivity contribution in [3.8, 4) is 67.1 Å². The minimum atomic E-state index is -0.750. The molecule has 0 bridgehead atoms. The van der Waals surface area contributed by atoms with Crippen molar-refractivity contribution in [2.24, 2.45) is 0 Å². The van der Waals surface area contributed by atoms with Crippen molar-refractivity contribution >= 4 is 34.1 Å². The number of benzene rings is 12. The minimum Gasteiger partial charge on any atom is -0.468 e. The minimum absolute atomic E-state index is 0.155. The predicted octanol–water partition coefficient (Wildman–Crippen LogP) is 19.6. The number of anilines is 6. The maximum atomic E-state index is 5.99. The second kappa shape index (κ2) is 23.5. The van der Waals surface area contributed by atoms with E-state index in [1.165, 1.54) is 22.3 Å². The molecule has 6 heteroatoms. The lowest BCUT2D eigenvalue weighted by Gasteiger charge is -2.34. The van der Waals surface area contributed by atoms with E-state index < -0.39 is 5.41 Å². The molecule has 0 aliphatic heterocycles. The molecule has 0 aromatic heterocycles. The summed E-state index contributed by atoms with van der Waals surface area (Å²) in [6.07, 6.45) is 0. The first-order chi connectivity index (χ1) is 41.0. The van der Waals surface area contributed by atoms with Crippen LogP contribution in [0.2, 0.25) is 0 Å². The molecule has 0 saturated heterocycles. The summed E-state index contributed by atoms with van der Waals surface area (Å²) in [5, 5.41) is 0. The highest BCUT2D eigenvalue weighted by molar-refractivity contribution is 5.91. The van der Waals surface area contributed by atoms with Gasteiger partial charge in [0.1, 0.15) is 11.5 Å². The Hall–Kier alpha value is -10.2. The molecule has 83 heavy (non-hydrogen) atoms. The Morgan fingerprint density at radius 1 is 0.265 bits per heavy atom. The molecule has 12 aromatic carbocycles. The Balaban J connectivity index is 0.867. The number of rotatable bonds is 18. The normalized spacial score (nSPS) is 12.0. The van der Waals surface area contributed by atoms with E-state index in [-0.39, 0.29) is 13.6 Å². The van der Waals surface area contributed by atoms with Gasteiger partial charge in [-0.2, -0.15) is 0 Å². The van der Waals surface area contributed by atoms with Crippen LogP contribution in [0.15, 0.2) is 303 Å². The van der Waals surface area contributed by atoms with Crippen molar-refractivity contribution < 1.29 is 18.9 Å². The van der Waals surface area contributed by atoms with Crippen LogP contribution in [0.25, 0.3) is 55.6 Å². The number of para-hydroxylation sites is 4. The van der Waals surface area contributed by atoms with E-state index in [1.807, 2.05) is 0 Å². The zero-order valence-corrected chi connectivity index (χ0v) is 46.3. The predicted molar refractivity (Wildman–Crippen MR) is 340 cm³/mol. The number of ether oxygens (including phenoxy) is 4. The van der Waals surface area contributed by atoms with Gasteiger partial charge >= 0.3 is 0 Å². The van der Waals surface area contributed by atoms with Gasteiger partial charge in [-0.15, -0.1) is 0 Å². The zero-order chi connectivity index (χ0) is 56.0. The molecule has 12 aromatic rings. The second-order valence-corrected chi connectivity index (χ2v) is 20.7. The lowest BCUT2D eigenvalue weighted by Crippen LogP contribution is -2.28. The average molecular weight is 1080 g/mol. The number of fused-ring (bicyclic) bond motifs is 3. The molecule has 0 fully saturated rings. The van der Waals surface area contributed by atoms with E-state index in [4.69, 9.17) is 18.9 Å². The van der Waals surface area contributed by atoms with Crippen LogP contribution in [0.3, 0.4) is 0 Å². The third-order valence-electron chi connectivity index (χ3n) is 15.8. The number of nitrogens with zero attached hydrogens (tertiary/aromatic N) is 2. The highest BCUT2D eigenvalue weighted by atomic mass is 16.7. The first kappa shape index (κ1) is 52.2. The third-order valence-corrected chi connectivity index (χ3v) is 15.8. The van der Waals surface area contributed by atoms with Gasteiger partial charge in [0.05, 0.1) is 5.41 Å². The first-order valence-corrected chi connectivity index (χ1v) is 28.0. The van der Waals surface area contributed by atoms with Crippen molar-refractivity contribution in [2.75, 3.05) is 37.6 Å². The Bertz CT molecular complexity index is 3750. The maximum absolute atomic E-state index is 5.99. The lowest BCUT2D eigenvalue weighted by molar-refractivity contribution is 0.0509. The molecule has 0 saturated carbocycles. The van der Waals surface area contributed by atoms with Crippen LogP contribution in [0, 0.1) is 0 Å². The molecule has 0 spiro atoms. The van der Waals surface area contributed by atoms with Gasteiger partial charge in [0.25, 0.3) is 0 Å². The van der Waals surface area contributed by atoms with E-state index in [2.05, 4.69) is 313 Å². The van der Waals surface area contributed by atoms with Crippen LogP contribution >= 0.6 is 0 Å². The summed E-state index contributed by atoms with van der Waals surface area (Å²) < 4.78 is 22.6. The van der Waals surface area contributed by atoms with Crippen molar-refractivity contribution in [3.05, 3.63) is 326 Å². The van der Waals surface area contributed by atoms with E-state index >= 15 is 0 Å². The van der Waals surface area contributed by atoms with Crippen molar-refractivity contribution in [1.82, 2.24) is 0 Å². The third kappa shape index (κ3) is 10.3. The highest BCUT2D eigenvalue weighted by Crippen LogP contribution is 2.58. The van der Waals surface area contributed by atoms with Gasteiger partial charge in [-0.25, -0.2) is 0 Å². The molecule has 402 valence electrons. The molecule has 1 aliphatic carbocycles. The van der Waals surface area contributed by atoms with E-state index in [0.717, 1.165) is 101 Å². The summed E-state index contributed by atoms with van der Waals surface area (Å²) in [5.74, 6) is 1.46. The van der Waals surface area contributed by atoms with Gasteiger partial charge in [0, 0.05) is 48.3 Å². The molecule has 0 radical (unpaired) electrons. The fraction of sp³-hybridized carbons (Fsp3) is 0.0649. The van der Waals surface area contributed by atoms with E-state index in [1.54, 1.807) is 14.2 Å². The van der Waals surface area contributed by atoms with Gasteiger partial charge in [-0.1, -0.05) is 194 Å². The fourth-order valence-electron chi connectivity index (χ4n) is 11.8. The van der Waals surface area contributed by atoms with Crippen LogP contribution < -0.4 is 19.3 Å². The highest BCUT2D eigenvalue weighted by Gasteiger charge is 2.46. The van der Waals surface area contributed by atoms with Crippen LogP contribution in [0.1, 0.15) is 22.3 Å². The summed E-state index contributed by atoms with van der Waals surface area (Å²) in [4.78, 5) is 4.58. The second-order valence-electron chi connectivity index (χ2n) is 20.7. The van der Waals surface area contributed by atoms with Gasteiger partial charge in [0.15, 0.2) is 13.6 Å². The molecule has 0 unspecified atom stereocenters. The maximum Gasteiger partial charge on any atom is 0.188 e. The molecule has 13 rings (SSSR count). The summed E-state index contributed by atoms with van der Waals surface area (Å²) in [6.45, 7) is 0.310. The average Bonchev–Trinajstić information content (AvgIpc) is 2.06. The van der Waals surface area contributed by atoms with Crippen LogP contribution in [-0.4, -0.2) is 27.8 Å². The van der Waals surface area contributed by atoms with Gasteiger partial charge in [-0.05, 0) is 187 Å². The topological polar surface area (TPSA) is 43.4 Å². The fourth-order valence-corrected chi connectivity index (χ4v) is 11.8. The molecular weight excluding hydrogens is 1020 g/mol. The van der Waals surface area contributed by atoms with Gasteiger partial charge in [-0.3, -0.25) is 0 Å². The van der Waals surface area contributed by atoms with Gasteiger partial charge in [0.2, 0.25) is 0 Å². The lowest BCUT2D eigenvalue weighted by atomic mass is 9.67. The quantitative estimate of drug-likeness (QED) is 0.0798. The summed E-state index contributed by atoms with van der Waals surface area (Å²) in [5.41, 5.74) is 21.9. The Morgan fingerprint density at radius 3 is 0.807 bits per heavy atom. The Kier molecular flexibility index (Phi) is 14.7. The summed E-state index contributed by atoms with van der Waals surface area (Å²) in [7, 11) is 3.28. The largest absolute Gasteiger partial charge is 0.468 e. The summed E-state index contributed by atoms with van der Waals surface area (Å²) in [6, 6.07) is 109.